The smallest absolute Gasteiger partial charge is 0.350 e. The molecule has 0 atom stereocenters. The number of benzene rings is 1. The number of rotatable bonds is 2. The Kier molecular flexibility index (Phi) is 3.40. The third-order valence-corrected chi connectivity index (χ3v) is 3.67. The Morgan fingerprint density at radius 2 is 1.95 bits per heavy atom. The van der Waals surface area contributed by atoms with E-state index in [-0.39, 0.29) is 5.57 Å². The second kappa shape index (κ2) is 5.13. The summed E-state index contributed by atoms with van der Waals surface area (Å²) in [6.07, 6.45) is 2.96. The number of H-pyrrole nitrogens is 1. The van der Waals surface area contributed by atoms with Crippen molar-refractivity contribution in [1.82, 2.24) is 10.2 Å². The topological polar surface area (TPSA) is 93.3 Å². The highest BCUT2D eigenvalue weighted by Gasteiger charge is 2.38. The normalized spacial score (nSPS) is 17.1. The Hall–Kier alpha value is -2.35. The quantitative estimate of drug-likeness (QED) is 0.482. The lowest BCUT2D eigenvalue weighted by atomic mass is 10.2. The number of halogens is 1. The van der Waals surface area contributed by atoms with Gasteiger partial charge in [-0.15, -0.1) is 0 Å². The predicted octanol–water partition coefficient (Wildman–Crippen LogP) is 2.46. The van der Waals surface area contributed by atoms with Gasteiger partial charge in [0.05, 0.1) is 17.4 Å². The molecule has 22 heavy (non-hydrogen) atoms. The number of nitrogens with one attached hydrogen (secondary N) is 2. The van der Waals surface area contributed by atoms with E-state index in [1.54, 1.807) is 12.3 Å². The lowest BCUT2D eigenvalue weighted by molar-refractivity contribution is -0.222. The molecule has 3 rings (SSSR count). The van der Waals surface area contributed by atoms with Crippen molar-refractivity contribution >= 4 is 44.5 Å². The number of aromatic nitrogens is 2. The number of ether oxygens (including phenoxy) is 2. The number of anilines is 1. The molecular weight excluding hydrogens is 354 g/mol. The zero-order valence-corrected chi connectivity index (χ0v) is 13.4. The Labute approximate surface area is 133 Å². The van der Waals surface area contributed by atoms with Crippen molar-refractivity contribution in [3.8, 4) is 0 Å². The fraction of sp³-hybridized carbons (Fsp3) is 0.214. The Bertz CT molecular complexity index is 788. The van der Waals surface area contributed by atoms with Crippen molar-refractivity contribution in [3.63, 3.8) is 0 Å². The van der Waals surface area contributed by atoms with Crippen LogP contribution in [0.5, 0.6) is 0 Å². The van der Waals surface area contributed by atoms with Crippen LogP contribution in [0.2, 0.25) is 0 Å². The zero-order valence-electron chi connectivity index (χ0n) is 11.8. The maximum Gasteiger partial charge on any atom is 0.350 e. The average Bonchev–Trinajstić information content (AvgIpc) is 2.83. The molecule has 1 aromatic carbocycles. The van der Waals surface area contributed by atoms with E-state index in [9.17, 15) is 9.59 Å². The van der Waals surface area contributed by atoms with Crippen molar-refractivity contribution in [2.45, 2.75) is 19.6 Å². The number of carbonyl (C=O) groups excluding carboxylic acids is 2. The summed E-state index contributed by atoms with van der Waals surface area (Å²) in [6, 6.07) is 3.66. The lowest BCUT2D eigenvalue weighted by Gasteiger charge is -2.29. The average molecular weight is 366 g/mol. The first-order valence-corrected chi connectivity index (χ1v) is 7.21. The van der Waals surface area contributed by atoms with E-state index in [0.717, 1.165) is 15.4 Å². The molecule has 0 aliphatic carbocycles. The molecule has 0 spiro atoms. The highest BCUT2D eigenvalue weighted by Crippen LogP contribution is 2.28. The van der Waals surface area contributed by atoms with E-state index in [2.05, 4.69) is 31.4 Å². The van der Waals surface area contributed by atoms with E-state index in [1.165, 1.54) is 20.0 Å². The van der Waals surface area contributed by atoms with Crippen LogP contribution in [0.25, 0.3) is 10.9 Å². The van der Waals surface area contributed by atoms with E-state index < -0.39 is 17.7 Å². The molecule has 7 nitrogen and oxygen atoms in total. The van der Waals surface area contributed by atoms with Crippen LogP contribution in [0.15, 0.2) is 34.6 Å². The van der Waals surface area contributed by atoms with Gasteiger partial charge in [-0.25, -0.2) is 9.59 Å². The molecule has 0 amide bonds. The van der Waals surface area contributed by atoms with Crippen LogP contribution in [-0.2, 0) is 19.1 Å². The molecule has 2 N–H and O–H groups in total. The number of aromatic amines is 1. The second-order valence-corrected chi connectivity index (χ2v) is 6.02. The maximum atomic E-state index is 11.8. The van der Waals surface area contributed by atoms with Crippen molar-refractivity contribution in [2.24, 2.45) is 0 Å². The third kappa shape index (κ3) is 2.69. The minimum absolute atomic E-state index is 0.198. The Morgan fingerprint density at radius 1 is 1.27 bits per heavy atom. The van der Waals surface area contributed by atoms with Gasteiger partial charge in [-0.1, -0.05) is 0 Å². The fourth-order valence-corrected chi connectivity index (χ4v) is 2.48. The van der Waals surface area contributed by atoms with Gasteiger partial charge >= 0.3 is 11.9 Å². The number of esters is 2. The molecule has 2 heterocycles. The monoisotopic (exact) mass is 365 g/mol. The lowest BCUT2D eigenvalue weighted by Crippen LogP contribution is -2.42. The molecule has 1 aliphatic heterocycles. The van der Waals surface area contributed by atoms with Crippen LogP contribution in [0.1, 0.15) is 13.8 Å². The molecular formula is C14H12BrN3O4. The molecule has 1 saturated heterocycles. The number of carbonyl (C=O) groups is 2. The van der Waals surface area contributed by atoms with Crippen LogP contribution in [-0.4, -0.2) is 27.9 Å². The highest BCUT2D eigenvalue weighted by molar-refractivity contribution is 9.10. The second-order valence-electron chi connectivity index (χ2n) is 5.17. The van der Waals surface area contributed by atoms with Gasteiger partial charge in [0.15, 0.2) is 5.57 Å². The first-order valence-electron chi connectivity index (χ1n) is 6.42. The van der Waals surface area contributed by atoms with Gasteiger partial charge in [-0.05, 0) is 28.1 Å². The maximum absolute atomic E-state index is 11.8. The van der Waals surface area contributed by atoms with Gasteiger partial charge in [0.2, 0.25) is 0 Å². The van der Waals surface area contributed by atoms with E-state index in [1.807, 2.05) is 6.07 Å². The number of hydrogen-bond acceptors (Lipinski definition) is 6. The first-order chi connectivity index (χ1) is 10.4. The molecule has 1 aliphatic rings. The van der Waals surface area contributed by atoms with Crippen molar-refractivity contribution in [1.29, 1.82) is 0 Å². The van der Waals surface area contributed by atoms with E-state index in [0.29, 0.717) is 5.69 Å². The largest absolute Gasteiger partial charge is 0.419 e. The molecule has 2 aromatic rings. The number of hydrogen-bond donors (Lipinski definition) is 2. The zero-order chi connectivity index (χ0) is 15.9. The van der Waals surface area contributed by atoms with Crippen LogP contribution in [0.4, 0.5) is 5.69 Å². The van der Waals surface area contributed by atoms with Gasteiger partial charge < -0.3 is 14.8 Å². The number of fused-ring (bicyclic) bond motifs is 1. The van der Waals surface area contributed by atoms with Gasteiger partial charge in [-0.3, -0.25) is 5.10 Å². The standard InChI is InChI=1S/C14H12BrN3O4/c1-14(2)21-12(19)8(13(20)22-14)6-16-11-4-10-7(3-9(11)15)5-17-18-10/h3-6,16H,1-2H3,(H,17,18). The Balaban J connectivity index is 1.87. The molecule has 1 aromatic heterocycles. The summed E-state index contributed by atoms with van der Waals surface area (Å²) in [6.45, 7) is 2.99. The minimum atomic E-state index is -1.25. The van der Waals surface area contributed by atoms with Gasteiger partial charge in [-0.2, -0.15) is 5.10 Å². The third-order valence-electron chi connectivity index (χ3n) is 3.02. The number of nitrogens with zero attached hydrogens (tertiary/aromatic N) is 1. The van der Waals surface area contributed by atoms with Crippen LogP contribution >= 0.6 is 15.9 Å². The Morgan fingerprint density at radius 3 is 2.64 bits per heavy atom. The molecule has 114 valence electrons. The fourth-order valence-electron chi connectivity index (χ4n) is 2.00. The molecule has 1 fully saturated rings. The minimum Gasteiger partial charge on any atom is -0.419 e. The van der Waals surface area contributed by atoms with E-state index in [4.69, 9.17) is 9.47 Å². The molecule has 0 bridgehead atoms. The summed E-state index contributed by atoms with van der Waals surface area (Å²) in [5, 5.41) is 10.6. The van der Waals surface area contributed by atoms with Crippen LogP contribution in [0, 0.1) is 0 Å². The molecule has 8 heteroatoms. The van der Waals surface area contributed by atoms with Crippen LogP contribution in [0.3, 0.4) is 0 Å². The van der Waals surface area contributed by atoms with Crippen molar-refractivity contribution in [3.05, 3.63) is 34.6 Å². The summed E-state index contributed by atoms with van der Waals surface area (Å²) >= 11 is 3.41. The summed E-state index contributed by atoms with van der Waals surface area (Å²) in [7, 11) is 0. The van der Waals surface area contributed by atoms with Gasteiger partial charge in [0.1, 0.15) is 0 Å². The van der Waals surface area contributed by atoms with Crippen molar-refractivity contribution in [2.75, 3.05) is 5.32 Å². The predicted molar refractivity (Wildman–Crippen MR) is 81.8 cm³/mol. The molecule has 0 saturated carbocycles. The SMILES string of the molecule is CC1(C)OC(=O)C(=CNc2cc3[nH]ncc3cc2Br)C(=O)O1. The first kappa shape index (κ1) is 14.6. The van der Waals surface area contributed by atoms with Crippen LogP contribution < -0.4 is 5.32 Å². The highest BCUT2D eigenvalue weighted by atomic mass is 79.9. The summed E-state index contributed by atoms with van der Waals surface area (Å²) in [5.74, 6) is -2.71. The molecule has 0 unspecified atom stereocenters. The number of cyclic esters (lactones) is 2. The van der Waals surface area contributed by atoms with Gasteiger partial charge in [0, 0.05) is 29.9 Å². The van der Waals surface area contributed by atoms with Gasteiger partial charge in [0.25, 0.3) is 5.79 Å². The summed E-state index contributed by atoms with van der Waals surface area (Å²) in [5.41, 5.74) is 1.28. The van der Waals surface area contributed by atoms with E-state index >= 15 is 0 Å². The summed E-state index contributed by atoms with van der Waals surface area (Å²) < 4.78 is 10.8. The summed E-state index contributed by atoms with van der Waals surface area (Å²) in [4.78, 5) is 23.7. The van der Waals surface area contributed by atoms with Crippen molar-refractivity contribution < 1.29 is 19.1 Å². The molecule has 0 radical (unpaired) electrons.